The van der Waals surface area contributed by atoms with Gasteiger partial charge < -0.3 is 5.73 Å². The van der Waals surface area contributed by atoms with Crippen LogP contribution < -0.4 is 5.73 Å². The van der Waals surface area contributed by atoms with Crippen LogP contribution in [0.2, 0.25) is 0 Å². The van der Waals surface area contributed by atoms with Gasteiger partial charge in [0.05, 0.1) is 0 Å². The highest BCUT2D eigenvalue weighted by Crippen LogP contribution is 2.22. The molecule has 0 aliphatic rings. The Morgan fingerprint density at radius 2 is 1.69 bits per heavy atom. The molecule has 0 spiro atoms. The third kappa shape index (κ3) is 9.33. The molecule has 2 N–H and O–H groups in total. The van der Waals surface area contributed by atoms with Crippen molar-refractivity contribution in [3.8, 4) is 0 Å². The van der Waals surface area contributed by atoms with Crippen molar-refractivity contribution >= 4 is 5.78 Å². The highest BCUT2D eigenvalue weighted by atomic mass is 19.4. The number of rotatable bonds is 6. The van der Waals surface area contributed by atoms with Gasteiger partial charge in [0.1, 0.15) is 5.78 Å². The second-order valence-electron chi connectivity index (χ2n) is 2.90. The maximum absolute atomic E-state index is 11.6. The molecule has 0 aromatic carbocycles. The van der Waals surface area contributed by atoms with Crippen LogP contribution in [-0.4, -0.2) is 18.5 Å². The van der Waals surface area contributed by atoms with Crippen LogP contribution in [0.4, 0.5) is 13.2 Å². The zero-order valence-electron chi connectivity index (χ0n) is 7.36. The summed E-state index contributed by atoms with van der Waals surface area (Å²) in [6, 6.07) is 0. The summed E-state index contributed by atoms with van der Waals surface area (Å²) in [5, 5.41) is 0. The van der Waals surface area contributed by atoms with Crippen molar-refractivity contribution in [1.82, 2.24) is 0 Å². The minimum Gasteiger partial charge on any atom is -0.330 e. The van der Waals surface area contributed by atoms with Crippen LogP contribution >= 0.6 is 0 Å². The molecule has 13 heavy (non-hydrogen) atoms. The molecule has 0 bridgehead atoms. The first-order valence-corrected chi connectivity index (χ1v) is 4.24. The number of Topliss-reactive ketones (excluding diaryl/α,β-unsaturated/α-hetero) is 1. The number of hydrogen-bond donors (Lipinski definition) is 1. The molecule has 0 atom stereocenters. The second kappa shape index (κ2) is 5.96. The summed E-state index contributed by atoms with van der Waals surface area (Å²) in [5.41, 5.74) is 5.14. The molecule has 0 heterocycles. The molecule has 5 heteroatoms. The van der Waals surface area contributed by atoms with Crippen LogP contribution in [-0.2, 0) is 4.79 Å². The summed E-state index contributed by atoms with van der Waals surface area (Å²) >= 11 is 0. The van der Waals surface area contributed by atoms with Gasteiger partial charge in [-0.2, -0.15) is 13.2 Å². The lowest BCUT2D eigenvalue weighted by atomic mass is 10.1. The predicted molar refractivity (Wildman–Crippen MR) is 43.2 cm³/mol. The Bertz CT molecular complexity index is 156. The fourth-order valence-corrected chi connectivity index (χ4v) is 0.910. The standard InChI is InChI=1S/C8H14F3NO/c9-8(10,11)5-1-3-7(13)4-2-6-12/h1-6,12H2. The van der Waals surface area contributed by atoms with Gasteiger partial charge in [-0.1, -0.05) is 0 Å². The van der Waals surface area contributed by atoms with Gasteiger partial charge >= 0.3 is 6.18 Å². The van der Waals surface area contributed by atoms with Crippen molar-refractivity contribution in [3.63, 3.8) is 0 Å². The third-order valence-corrected chi connectivity index (χ3v) is 1.58. The topological polar surface area (TPSA) is 43.1 Å². The zero-order chi connectivity index (χ0) is 10.3. The van der Waals surface area contributed by atoms with Crippen LogP contribution in [0.15, 0.2) is 0 Å². The number of hydrogen-bond acceptors (Lipinski definition) is 2. The number of halogens is 3. The summed E-state index contributed by atoms with van der Waals surface area (Å²) in [6.45, 7) is 0.408. The minimum atomic E-state index is -4.14. The maximum atomic E-state index is 11.6. The molecule has 0 aromatic heterocycles. The maximum Gasteiger partial charge on any atom is 0.389 e. The van der Waals surface area contributed by atoms with Crippen molar-refractivity contribution in [2.45, 2.75) is 38.3 Å². The molecule has 0 saturated heterocycles. The van der Waals surface area contributed by atoms with Crippen molar-refractivity contribution in [2.24, 2.45) is 5.73 Å². The molecule has 0 fully saturated rings. The summed E-state index contributed by atoms with van der Waals surface area (Å²) in [6.07, 6.45) is -4.25. The van der Waals surface area contributed by atoms with E-state index in [1.807, 2.05) is 0 Å². The highest BCUT2D eigenvalue weighted by molar-refractivity contribution is 5.78. The van der Waals surface area contributed by atoms with Gasteiger partial charge in [-0.05, 0) is 19.4 Å². The van der Waals surface area contributed by atoms with Gasteiger partial charge in [-0.15, -0.1) is 0 Å². The van der Waals surface area contributed by atoms with Gasteiger partial charge in [0.15, 0.2) is 0 Å². The van der Waals surface area contributed by atoms with E-state index in [-0.39, 0.29) is 18.6 Å². The molecule has 0 amide bonds. The number of alkyl halides is 3. The Morgan fingerprint density at radius 1 is 1.15 bits per heavy atom. The largest absolute Gasteiger partial charge is 0.389 e. The monoisotopic (exact) mass is 197 g/mol. The summed E-state index contributed by atoms with van der Waals surface area (Å²) < 4.78 is 34.9. The Labute approximate surface area is 75.3 Å². The van der Waals surface area contributed by atoms with E-state index in [0.29, 0.717) is 19.4 Å². The quantitative estimate of drug-likeness (QED) is 0.707. The molecule has 0 aliphatic heterocycles. The normalized spacial score (nSPS) is 11.7. The number of ketones is 1. The average Bonchev–Trinajstić information content (AvgIpc) is 1.98. The van der Waals surface area contributed by atoms with E-state index in [1.54, 1.807) is 0 Å². The highest BCUT2D eigenvalue weighted by Gasteiger charge is 2.26. The average molecular weight is 197 g/mol. The van der Waals surface area contributed by atoms with Gasteiger partial charge in [-0.3, -0.25) is 4.79 Å². The molecule has 78 valence electrons. The summed E-state index contributed by atoms with van der Waals surface area (Å²) in [5.74, 6) is -0.130. The smallest absolute Gasteiger partial charge is 0.330 e. The SMILES string of the molecule is NCCCC(=O)CCCC(F)(F)F. The molecule has 0 rings (SSSR count). The van der Waals surface area contributed by atoms with Crippen LogP contribution in [0.25, 0.3) is 0 Å². The van der Waals surface area contributed by atoms with Crippen LogP contribution in [0.1, 0.15) is 32.1 Å². The number of nitrogens with two attached hydrogens (primary N) is 1. The van der Waals surface area contributed by atoms with Crippen molar-refractivity contribution in [2.75, 3.05) is 6.54 Å². The molecule has 0 radical (unpaired) electrons. The minimum absolute atomic E-state index is 0.0134. The molecule has 2 nitrogen and oxygen atoms in total. The molecule has 0 aromatic rings. The number of carbonyl (C=O) groups excluding carboxylic acids is 1. The predicted octanol–water partition coefficient (Wildman–Crippen LogP) is 2.03. The Kier molecular flexibility index (Phi) is 5.70. The lowest BCUT2D eigenvalue weighted by Gasteiger charge is -2.04. The molecular formula is C8H14F3NO. The van der Waals surface area contributed by atoms with E-state index >= 15 is 0 Å². The van der Waals surface area contributed by atoms with Crippen LogP contribution in [0.5, 0.6) is 0 Å². The third-order valence-electron chi connectivity index (χ3n) is 1.58. The Hall–Kier alpha value is -0.580. The Morgan fingerprint density at radius 3 is 2.15 bits per heavy atom. The van der Waals surface area contributed by atoms with Gasteiger partial charge in [-0.25, -0.2) is 0 Å². The van der Waals surface area contributed by atoms with Gasteiger partial charge in [0.25, 0.3) is 0 Å². The number of carbonyl (C=O) groups is 1. The van der Waals surface area contributed by atoms with Crippen LogP contribution in [0, 0.1) is 0 Å². The van der Waals surface area contributed by atoms with E-state index in [2.05, 4.69) is 0 Å². The lowest BCUT2D eigenvalue weighted by molar-refractivity contribution is -0.137. The summed E-state index contributed by atoms with van der Waals surface area (Å²) in [7, 11) is 0. The van der Waals surface area contributed by atoms with Crippen molar-refractivity contribution in [1.29, 1.82) is 0 Å². The van der Waals surface area contributed by atoms with Gasteiger partial charge in [0.2, 0.25) is 0 Å². The first-order chi connectivity index (χ1) is 5.95. The zero-order valence-corrected chi connectivity index (χ0v) is 7.36. The lowest BCUT2D eigenvalue weighted by Crippen LogP contribution is -2.09. The van der Waals surface area contributed by atoms with E-state index in [9.17, 15) is 18.0 Å². The van der Waals surface area contributed by atoms with E-state index in [1.165, 1.54) is 0 Å². The van der Waals surface area contributed by atoms with Crippen LogP contribution in [0.3, 0.4) is 0 Å². The van der Waals surface area contributed by atoms with E-state index < -0.39 is 12.6 Å². The second-order valence-corrected chi connectivity index (χ2v) is 2.90. The van der Waals surface area contributed by atoms with Crippen molar-refractivity contribution in [3.05, 3.63) is 0 Å². The van der Waals surface area contributed by atoms with Crippen molar-refractivity contribution < 1.29 is 18.0 Å². The van der Waals surface area contributed by atoms with Gasteiger partial charge in [0, 0.05) is 19.3 Å². The first-order valence-electron chi connectivity index (χ1n) is 4.24. The van der Waals surface area contributed by atoms with E-state index in [4.69, 9.17) is 5.73 Å². The fraction of sp³-hybridized carbons (Fsp3) is 0.875. The van der Waals surface area contributed by atoms with E-state index in [0.717, 1.165) is 0 Å². The molecule has 0 aliphatic carbocycles. The first kappa shape index (κ1) is 12.4. The molecule has 0 saturated carbocycles. The summed E-state index contributed by atoms with van der Waals surface area (Å²) in [4.78, 5) is 10.9. The Balaban J connectivity index is 3.37. The molecule has 0 unspecified atom stereocenters. The molecular weight excluding hydrogens is 183 g/mol. The fourth-order valence-electron chi connectivity index (χ4n) is 0.910.